The van der Waals surface area contributed by atoms with Crippen molar-refractivity contribution in [2.45, 2.75) is 6.04 Å². The van der Waals surface area contributed by atoms with Crippen molar-refractivity contribution in [2.75, 3.05) is 27.4 Å². The standard InChI is InChI=1S/C19H19NO6S/c1-25-8-7-20-16(11-5-6-12(21)13(10-11)26-2)15(18(23)19(20)24)17(22)14-4-3-9-27-14/h3-6,9-10,16,21,23H,7-8H2,1-2H3/t16-/m1/s1. The molecule has 1 aromatic carbocycles. The summed E-state index contributed by atoms with van der Waals surface area (Å²) in [6.45, 7) is 0.430. The number of ketones is 1. The Kier molecular flexibility index (Phi) is 5.48. The normalized spacial score (nSPS) is 16.9. The Hall–Kier alpha value is -2.84. The number of hydrogen-bond acceptors (Lipinski definition) is 7. The van der Waals surface area contributed by atoms with E-state index in [0.29, 0.717) is 10.4 Å². The van der Waals surface area contributed by atoms with Crippen LogP contribution >= 0.6 is 11.3 Å². The van der Waals surface area contributed by atoms with Gasteiger partial charge < -0.3 is 24.6 Å². The molecule has 8 heteroatoms. The van der Waals surface area contributed by atoms with E-state index in [1.807, 2.05) is 0 Å². The fraction of sp³-hybridized carbons (Fsp3) is 0.263. The fourth-order valence-electron chi connectivity index (χ4n) is 3.06. The highest BCUT2D eigenvalue weighted by molar-refractivity contribution is 7.12. The van der Waals surface area contributed by atoms with Gasteiger partial charge in [0.05, 0.1) is 30.2 Å². The molecule has 0 radical (unpaired) electrons. The van der Waals surface area contributed by atoms with E-state index in [-0.39, 0.29) is 30.2 Å². The van der Waals surface area contributed by atoms with E-state index >= 15 is 0 Å². The van der Waals surface area contributed by atoms with Crippen molar-refractivity contribution >= 4 is 23.0 Å². The molecular weight excluding hydrogens is 370 g/mol. The van der Waals surface area contributed by atoms with Crippen LogP contribution in [0, 0.1) is 0 Å². The first-order valence-electron chi connectivity index (χ1n) is 8.17. The molecule has 0 aliphatic carbocycles. The SMILES string of the molecule is COCCN1C(=O)C(O)=C(C(=O)c2cccs2)[C@H]1c1ccc(O)c(OC)c1. The number of ether oxygens (including phenoxy) is 2. The van der Waals surface area contributed by atoms with E-state index in [2.05, 4.69) is 0 Å². The molecule has 0 unspecified atom stereocenters. The van der Waals surface area contributed by atoms with Crippen LogP contribution in [0.5, 0.6) is 11.5 Å². The maximum Gasteiger partial charge on any atom is 0.290 e. The molecule has 0 spiro atoms. The van der Waals surface area contributed by atoms with Crippen molar-refractivity contribution < 1.29 is 29.3 Å². The number of carbonyl (C=O) groups excluding carboxylic acids is 2. The van der Waals surface area contributed by atoms with Crippen LogP contribution in [0.4, 0.5) is 0 Å². The second-order valence-electron chi connectivity index (χ2n) is 5.89. The molecule has 27 heavy (non-hydrogen) atoms. The van der Waals surface area contributed by atoms with Gasteiger partial charge in [0.15, 0.2) is 17.3 Å². The van der Waals surface area contributed by atoms with E-state index in [0.717, 1.165) is 0 Å². The zero-order valence-electron chi connectivity index (χ0n) is 14.8. The minimum Gasteiger partial charge on any atom is -0.504 e. The van der Waals surface area contributed by atoms with Gasteiger partial charge in [-0.2, -0.15) is 0 Å². The molecule has 1 atom stereocenters. The minimum atomic E-state index is -0.809. The van der Waals surface area contributed by atoms with Crippen LogP contribution in [0.15, 0.2) is 47.0 Å². The monoisotopic (exact) mass is 389 g/mol. The van der Waals surface area contributed by atoms with Crippen molar-refractivity contribution in [3.05, 3.63) is 57.5 Å². The zero-order chi connectivity index (χ0) is 19.6. The number of carbonyl (C=O) groups is 2. The van der Waals surface area contributed by atoms with Gasteiger partial charge in [0, 0.05) is 13.7 Å². The molecule has 7 nitrogen and oxygen atoms in total. The fourth-order valence-corrected chi connectivity index (χ4v) is 3.74. The lowest BCUT2D eigenvalue weighted by Crippen LogP contribution is -2.34. The number of phenols is 1. The maximum atomic E-state index is 13.0. The summed E-state index contributed by atoms with van der Waals surface area (Å²) in [6.07, 6.45) is 0. The molecule has 2 aromatic rings. The zero-order valence-corrected chi connectivity index (χ0v) is 15.7. The molecule has 3 rings (SSSR count). The van der Waals surface area contributed by atoms with E-state index in [9.17, 15) is 19.8 Å². The molecule has 1 aliphatic rings. The Morgan fingerprint density at radius 1 is 1.26 bits per heavy atom. The second-order valence-corrected chi connectivity index (χ2v) is 6.84. The van der Waals surface area contributed by atoms with Crippen LogP contribution in [0.3, 0.4) is 0 Å². The summed E-state index contributed by atoms with van der Waals surface area (Å²) in [5.74, 6) is -1.47. The molecule has 0 saturated heterocycles. The average Bonchev–Trinajstić information content (AvgIpc) is 3.28. The number of thiophene rings is 1. The van der Waals surface area contributed by atoms with E-state index < -0.39 is 23.5 Å². The van der Waals surface area contributed by atoms with Crippen molar-refractivity contribution in [3.8, 4) is 11.5 Å². The molecule has 1 aliphatic heterocycles. The lowest BCUT2D eigenvalue weighted by molar-refractivity contribution is -0.130. The Labute approximate surface area is 160 Å². The summed E-state index contributed by atoms with van der Waals surface area (Å²) in [5, 5.41) is 22.1. The van der Waals surface area contributed by atoms with Crippen molar-refractivity contribution in [1.82, 2.24) is 4.90 Å². The van der Waals surface area contributed by atoms with Gasteiger partial charge in [-0.05, 0) is 29.1 Å². The highest BCUT2D eigenvalue weighted by Gasteiger charge is 2.44. The van der Waals surface area contributed by atoms with Gasteiger partial charge in [0.2, 0.25) is 5.78 Å². The topological polar surface area (TPSA) is 96.3 Å². The Morgan fingerprint density at radius 2 is 2.04 bits per heavy atom. The first-order valence-corrected chi connectivity index (χ1v) is 9.05. The number of aliphatic hydroxyl groups excluding tert-OH is 1. The molecule has 0 saturated carbocycles. The number of nitrogens with zero attached hydrogens (tertiary/aromatic N) is 1. The largest absolute Gasteiger partial charge is 0.504 e. The van der Waals surface area contributed by atoms with Gasteiger partial charge in [-0.3, -0.25) is 9.59 Å². The summed E-state index contributed by atoms with van der Waals surface area (Å²) in [7, 11) is 2.91. The third kappa shape index (κ3) is 3.41. The average molecular weight is 389 g/mol. The summed E-state index contributed by atoms with van der Waals surface area (Å²) in [5.41, 5.74) is 0.546. The van der Waals surface area contributed by atoms with Gasteiger partial charge in [0.25, 0.3) is 5.91 Å². The molecule has 2 N–H and O–H groups in total. The van der Waals surface area contributed by atoms with Crippen molar-refractivity contribution in [3.63, 3.8) is 0 Å². The van der Waals surface area contributed by atoms with E-state index in [1.54, 1.807) is 29.6 Å². The second kappa shape index (κ2) is 7.81. The predicted molar refractivity (Wildman–Crippen MR) is 99.3 cm³/mol. The molecule has 142 valence electrons. The number of benzene rings is 1. The van der Waals surface area contributed by atoms with Gasteiger partial charge in [-0.25, -0.2) is 0 Å². The summed E-state index contributed by atoms with van der Waals surface area (Å²) < 4.78 is 10.2. The molecule has 2 heterocycles. The predicted octanol–water partition coefficient (Wildman–Crippen LogP) is 2.69. The number of phenolic OH excluding ortho intramolecular Hbond substituents is 1. The van der Waals surface area contributed by atoms with Crippen LogP contribution in [0.2, 0.25) is 0 Å². The highest BCUT2D eigenvalue weighted by atomic mass is 32.1. The lowest BCUT2D eigenvalue weighted by Gasteiger charge is -2.26. The summed E-state index contributed by atoms with van der Waals surface area (Å²) >= 11 is 1.23. The molecule has 0 fully saturated rings. The number of aromatic hydroxyl groups is 1. The van der Waals surface area contributed by atoms with Gasteiger partial charge in [-0.1, -0.05) is 12.1 Å². The Bertz CT molecular complexity index is 890. The third-order valence-electron chi connectivity index (χ3n) is 4.35. The van der Waals surface area contributed by atoms with Crippen molar-refractivity contribution in [2.24, 2.45) is 0 Å². The van der Waals surface area contributed by atoms with Gasteiger partial charge in [0.1, 0.15) is 0 Å². The molecule has 1 aromatic heterocycles. The third-order valence-corrected chi connectivity index (χ3v) is 5.22. The number of rotatable bonds is 7. The van der Waals surface area contributed by atoms with Crippen LogP contribution in [0.25, 0.3) is 0 Å². The van der Waals surface area contributed by atoms with Gasteiger partial charge in [-0.15, -0.1) is 11.3 Å². The quantitative estimate of drug-likeness (QED) is 0.707. The van der Waals surface area contributed by atoms with Gasteiger partial charge >= 0.3 is 0 Å². The van der Waals surface area contributed by atoms with Crippen LogP contribution in [0.1, 0.15) is 21.3 Å². The number of hydrogen-bond donors (Lipinski definition) is 2. The minimum absolute atomic E-state index is 0.00583. The molecule has 1 amide bonds. The number of amides is 1. The molecular formula is C19H19NO6S. The lowest BCUT2D eigenvalue weighted by atomic mass is 9.95. The maximum absolute atomic E-state index is 13.0. The van der Waals surface area contributed by atoms with Crippen LogP contribution < -0.4 is 4.74 Å². The molecule has 0 bridgehead atoms. The highest BCUT2D eigenvalue weighted by Crippen LogP contribution is 2.41. The number of methoxy groups -OCH3 is 2. The smallest absolute Gasteiger partial charge is 0.290 e. The number of Topliss-reactive ketones (excluding diaryl/α,β-unsaturated/α-hetero) is 1. The van der Waals surface area contributed by atoms with Crippen LogP contribution in [-0.4, -0.2) is 54.2 Å². The Morgan fingerprint density at radius 3 is 2.67 bits per heavy atom. The van der Waals surface area contributed by atoms with Crippen LogP contribution in [-0.2, 0) is 9.53 Å². The first-order chi connectivity index (χ1) is 13.0. The Balaban J connectivity index is 2.11. The summed E-state index contributed by atoms with van der Waals surface area (Å²) in [4.78, 5) is 27.4. The van der Waals surface area contributed by atoms with E-state index in [1.165, 1.54) is 36.5 Å². The number of aliphatic hydroxyl groups is 1. The summed E-state index contributed by atoms with van der Waals surface area (Å²) in [6, 6.07) is 7.13. The van der Waals surface area contributed by atoms with Crippen molar-refractivity contribution in [1.29, 1.82) is 0 Å². The van der Waals surface area contributed by atoms with E-state index in [4.69, 9.17) is 9.47 Å². The first kappa shape index (κ1) is 18.9.